The maximum absolute atomic E-state index is 12.7. The van der Waals surface area contributed by atoms with E-state index < -0.39 is 39.5 Å². The molecule has 3 aromatic carbocycles. The highest BCUT2D eigenvalue weighted by Crippen LogP contribution is 2.20. The molecule has 3 rings (SSSR count). The fourth-order valence-electron chi connectivity index (χ4n) is 3.65. The van der Waals surface area contributed by atoms with Gasteiger partial charge in [0.25, 0.3) is 10.0 Å². The first-order valence-electron chi connectivity index (χ1n) is 11.7. The monoisotopic (exact) mass is 526 g/mol. The lowest BCUT2D eigenvalue weighted by Crippen LogP contribution is -2.39. The second-order valence-electron chi connectivity index (χ2n) is 9.59. The highest BCUT2D eigenvalue weighted by molar-refractivity contribution is 7.90. The molecule has 0 radical (unpaired) electrons. The number of rotatable bonds is 9. The van der Waals surface area contributed by atoms with Gasteiger partial charge < -0.3 is 9.84 Å². The minimum atomic E-state index is -4.24. The number of aliphatic carboxylic acids is 1. The number of ether oxygens (including phenoxy) is 1. The van der Waals surface area contributed by atoms with Crippen LogP contribution in [0.5, 0.6) is 0 Å². The van der Waals surface area contributed by atoms with Crippen molar-refractivity contribution in [3.8, 4) is 0 Å². The molecule has 2 amide bonds. The lowest BCUT2D eigenvalue weighted by Gasteiger charge is -2.19. The van der Waals surface area contributed by atoms with Gasteiger partial charge in [-0.15, -0.1) is 0 Å². The second-order valence-corrected chi connectivity index (χ2v) is 11.3. The average Bonchev–Trinajstić information content (AvgIpc) is 2.80. The standard InChI is InChI=1S/C27H30N2O7S/c1-27(2,3)36-26(33)28-21-14-11-18(12-15-21)7-6-10-23(25(31)32)24(30)29-37(34,35)22-16-13-19-8-4-5-9-20(19)17-22/h4-5,8-9,11-17,23H,6-7,10H2,1-3H3,(H,28,33)(H,29,30)(H,31,32). The predicted octanol–water partition coefficient (Wildman–Crippen LogP) is 4.72. The zero-order valence-corrected chi connectivity index (χ0v) is 21.7. The Bertz CT molecular complexity index is 1390. The molecule has 0 saturated carbocycles. The molecule has 0 aromatic heterocycles. The summed E-state index contributed by atoms with van der Waals surface area (Å²) < 4.78 is 32.6. The molecule has 196 valence electrons. The van der Waals surface area contributed by atoms with E-state index in [2.05, 4.69) is 5.32 Å². The molecular formula is C27H30N2O7S. The van der Waals surface area contributed by atoms with E-state index in [0.717, 1.165) is 10.9 Å². The lowest BCUT2D eigenvalue weighted by molar-refractivity contribution is -0.146. The zero-order valence-electron chi connectivity index (χ0n) is 20.9. The molecule has 0 saturated heterocycles. The zero-order chi connectivity index (χ0) is 27.2. The van der Waals surface area contributed by atoms with E-state index in [1.54, 1.807) is 63.2 Å². The molecule has 0 heterocycles. The Labute approximate surface area is 215 Å². The maximum Gasteiger partial charge on any atom is 0.412 e. The van der Waals surface area contributed by atoms with Gasteiger partial charge in [-0.2, -0.15) is 0 Å². The maximum atomic E-state index is 12.7. The van der Waals surface area contributed by atoms with E-state index in [1.165, 1.54) is 12.1 Å². The number of carboxylic acid groups (broad SMARTS) is 1. The summed E-state index contributed by atoms with van der Waals surface area (Å²) in [5.41, 5.74) is 0.786. The Kier molecular flexibility index (Phi) is 8.54. The summed E-state index contributed by atoms with van der Waals surface area (Å²) >= 11 is 0. The minimum absolute atomic E-state index is 0.0493. The third-order valence-corrected chi connectivity index (χ3v) is 6.78. The topological polar surface area (TPSA) is 139 Å². The van der Waals surface area contributed by atoms with Crippen molar-refractivity contribution in [1.82, 2.24) is 4.72 Å². The molecule has 37 heavy (non-hydrogen) atoms. The van der Waals surface area contributed by atoms with Crippen LogP contribution in [0.15, 0.2) is 71.6 Å². The predicted molar refractivity (Wildman–Crippen MR) is 140 cm³/mol. The first-order chi connectivity index (χ1) is 17.3. The summed E-state index contributed by atoms with van der Waals surface area (Å²) in [7, 11) is -4.24. The molecule has 0 aliphatic rings. The van der Waals surface area contributed by atoms with Crippen LogP contribution in [0.2, 0.25) is 0 Å². The number of anilines is 1. The van der Waals surface area contributed by atoms with Crippen molar-refractivity contribution >= 4 is 44.5 Å². The number of hydrogen-bond acceptors (Lipinski definition) is 6. The molecule has 10 heteroatoms. The molecule has 9 nitrogen and oxygen atoms in total. The van der Waals surface area contributed by atoms with Gasteiger partial charge in [-0.25, -0.2) is 17.9 Å². The molecule has 0 bridgehead atoms. The van der Waals surface area contributed by atoms with Crippen LogP contribution in [0.25, 0.3) is 10.8 Å². The molecule has 0 aliphatic carbocycles. The van der Waals surface area contributed by atoms with Gasteiger partial charge in [0.05, 0.1) is 4.90 Å². The van der Waals surface area contributed by atoms with Gasteiger partial charge >= 0.3 is 12.1 Å². The summed E-state index contributed by atoms with van der Waals surface area (Å²) in [5.74, 6) is -4.01. The Morgan fingerprint density at radius 2 is 1.59 bits per heavy atom. The van der Waals surface area contributed by atoms with E-state index in [9.17, 15) is 27.9 Å². The largest absolute Gasteiger partial charge is 0.481 e. The fraction of sp³-hybridized carbons (Fsp3) is 0.296. The van der Waals surface area contributed by atoms with Crippen LogP contribution < -0.4 is 10.0 Å². The van der Waals surface area contributed by atoms with Crippen molar-refractivity contribution in [2.45, 2.75) is 50.5 Å². The van der Waals surface area contributed by atoms with Gasteiger partial charge in [0.2, 0.25) is 5.91 Å². The van der Waals surface area contributed by atoms with Gasteiger partial charge in [-0.3, -0.25) is 14.9 Å². The van der Waals surface area contributed by atoms with Crippen LogP contribution in [-0.2, 0) is 30.8 Å². The summed E-state index contributed by atoms with van der Waals surface area (Å²) in [6.07, 6.45) is 0.168. The number of hydrogen-bond donors (Lipinski definition) is 3. The first-order valence-corrected chi connectivity index (χ1v) is 13.2. The second kappa shape index (κ2) is 11.4. The smallest absolute Gasteiger partial charge is 0.412 e. The molecule has 1 atom stereocenters. The SMILES string of the molecule is CC(C)(C)OC(=O)Nc1ccc(CCCC(C(=O)O)C(=O)NS(=O)(=O)c2ccc3ccccc3c2)cc1. The number of carbonyl (C=O) groups is 3. The molecule has 3 aromatic rings. The van der Waals surface area contributed by atoms with Gasteiger partial charge in [0.15, 0.2) is 0 Å². The summed E-state index contributed by atoms with van der Waals surface area (Å²) in [4.78, 5) is 36.1. The number of sulfonamides is 1. The van der Waals surface area contributed by atoms with Crippen LogP contribution >= 0.6 is 0 Å². The van der Waals surface area contributed by atoms with E-state index in [1.807, 2.05) is 16.9 Å². The third-order valence-electron chi connectivity index (χ3n) is 5.44. The minimum Gasteiger partial charge on any atom is -0.481 e. The number of nitrogens with one attached hydrogen (secondary N) is 2. The van der Waals surface area contributed by atoms with Gasteiger partial charge in [0, 0.05) is 5.69 Å². The Morgan fingerprint density at radius 3 is 2.22 bits per heavy atom. The van der Waals surface area contributed by atoms with Crippen LogP contribution in [0, 0.1) is 5.92 Å². The summed E-state index contributed by atoms with van der Waals surface area (Å²) in [6, 6.07) is 18.5. The van der Waals surface area contributed by atoms with Crippen molar-refractivity contribution in [2.24, 2.45) is 5.92 Å². The number of carboxylic acids is 1. The van der Waals surface area contributed by atoms with Crippen molar-refractivity contribution < 1.29 is 32.6 Å². The van der Waals surface area contributed by atoms with Crippen LogP contribution in [0.1, 0.15) is 39.2 Å². The van der Waals surface area contributed by atoms with Gasteiger partial charge in [-0.1, -0.05) is 42.5 Å². The Morgan fingerprint density at radius 1 is 0.946 bits per heavy atom. The normalized spacial score (nSPS) is 12.5. The Balaban J connectivity index is 1.57. The molecule has 0 fully saturated rings. The van der Waals surface area contributed by atoms with Crippen molar-refractivity contribution in [2.75, 3.05) is 5.32 Å². The highest BCUT2D eigenvalue weighted by Gasteiger charge is 2.30. The molecule has 0 spiro atoms. The molecule has 0 aliphatic heterocycles. The number of fused-ring (bicyclic) bond motifs is 1. The number of aryl methyl sites for hydroxylation is 1. The first kappa shape index (κ1) is 27.7. The summed E-state index contributed by atoms with van der Waals surface area (Å²) in [6.45, 7) is 5.29. The van der Waals surface area contributed by atoms with Gasteiger partial charge in [0.1, 0.15) is 11.5 Å². The molecule has 3 N–H and O–H groups in total. The van der Waals surface area contributed by atoms with Crippen molar-refractivity contribution in [1.29, 1.82) is 0 Å². The number of carbonyl (C=O) groups excluding carboxylic acids is 2. The summed E-state index contributed by atoms with van der Waals surface area (Å²) in [5, 5.41) is 13.7. The van der Waals surface area contributed by atoms with E-state index in [0.29, 0.717) is 23.9 Å². The van der Waals surface area contributed by atoms with Crippen LogP contribution in [-0.4, -0.2) is 37.1 Å². The van der Waals surface area contributed by atoms with Crippen molar-refractivity contribution in [3.63, 3.8) is 0 Å². The van der Waals surface area contributed by atoms with Crippen molar-refractivity contribution in [3.05, 3.63) is 72.3 Å². The number of benzene rings is 3. The highest BCUT2D eigenvalue weighted by atomic mass is 32.2. The van der Waals surface area contributed by atoms with E-state index in [4.69, 9.17) is 4.74 Å². The van der Waals surface area contributed by atoms with E-state index >= 15 is 0 Å². The fourth-order valence-corrected chi connectivity index (χ4v) is 4.70. The van der Waals surface area contributed by atoms with E-state index in [-0.39, 0.29) is 11.3 Å². The lowest BCUT2D eigenvalue weighted by atomic mass is 9.99. The van der Waals surface area contributed by atoms with Crippen LogP contribution in [0.4, 0.5) is 10.5 Å². The van der Waals surface area contributed by atoms with Crippen LogP contribution in [0.3, 0.4) is 0 Å². The number of amides is 2. The quantitative estimate of drug-likeness (QED) is 0.343. The third kappa shape index (κ3) is 8.04. The average molecular weight is 527 g/mol. The Hall–Kier alpha value is -3.92. The molecule has 1 unspecified atom stereocenters. The molecular weight excluding hydrogens is 496 g/mol. The van der Waals surface area contributed by atoms with Gasteiger partial charge in [-0.05, 0) is 80.6 Å².